The third-order valence-electron chi connectivity index (χ3n) is 3.35. The summed E-state index contributed by atoms with van der Waals surface area (Å²) < 4.78 is 4.87. The fourth-order valence-electron chi connectivity index (χ4n) is 1.96. The van der Waals surface area contributed by atoms with Crippen molar-refractivity contribution in [2.45, 2.75) is 90.6 Å². The Bertz CT molecular complexity index is 290. The maximum Gasteiger partial charge on any atom is 1.00 e. The molecule has 0 aromatic rings. The molecule has 21 heavy (non-hydrogen) atoms. The van der Waals surface area contributed by atoms with Crippen LogP contribution >= 0.6 is 0 Å². The molecule has 0 fully saturated rings. The molecule has 0 aliphatic heterocycles. The van der Waals surface area contributed by atoms with Crippen LogP contribution < -0.4 is 34.7 Å². The molecular formula is C16H29NaO4. The van der Waals surface area contributed by atoms with Gasteiger partial charge in [0.1, 0.15) is 5.60 Å². The minimum absolute atomic E-state index is 0. The van der Waals surface area contributed by atoms with Crippen molar-refractivity contribution in [1.29, 1.82) is 0 Å². The summed E-state index contributed by atoms with van der Waals surface area (Å²) in [5.41, 5.74) is -1.53. The summed E-state index contributed by atoms with van der Waals surface area (Å²) in [5, 5.41) is 10.7. The quantitative estimate of drug-likeness (QED) is 0.289. The standard InChI is InChI=1S/C16H30O4.Na/c1-4-5-6-7-8-9-10-11-12-13-14(17)20-16(2,3)15(18)19;/h4-13H2,1-3H3,(H,18,19);/q;+1/p-1. The molecule has 0 heterocycles. The van der Waals surface area contributed by atoms with E-state index in [1.807, 2.05) is 0 Å². The second kappa shape index (κ2) is 13.6. The van der Waals surface area contributed by atoms with Gasteiger partial charge in [0.15, 0.2) is 0 Å². The van der Waals surface area contributed by atoms with Gasteiger partial charge in [0.05, 0.1) is 5.97 Å². The van der Waals surface area contributed by atoms with Gasteiger partial charge >= 0.3 is 35.5 Å². The van der Waals surface area contributed by atoms with Gasteiger partial charge in [-0.05, 0) is 20.3 Å². The first kappa shape index (κ1) is 23.2. The Labute approximate surface area is 151 Å². The van der Waals surface area contributed by atoms with Crippen molar-refractivity contribution in [3.05, 3.63) is 0 Å². The van der Waals surface area contributed by atoms with Crippen LogP contribution in [0.15, 0.2) is 0 Å². The number of carboxylic acids is 1. The van der Waals surface area contributed by atoms with Crippen molar-refractivity contribution in [1.82, 2.24) is 0 Å². The summed E-state index contributed by atoms with van der Waals surface area (Å²) >= 11 is 0. The van der Waals surface area contributed by atoms with Gasteiger partial charge in [-0.15, -0.1) is 0 Å². The molecule has 0 rings (SSSR count). The first-order chi connectivity index (χ1) is 9.40. The van der Waals surface area contributed by atoms with Gasteiger partial charge in [-0.1, -0.05) is 58.3 Å². The zero-order valence-corrected chi connectivity index (χ0v) is 16.2. The molecule has 4 nitrogen and oxygen atoms in total. The molecule has 0 N–H and O–H groups in total. The number of ether oxygens (including phenoxy) is 1. The fraction of sp³-hybridized carbons (Fsp3) is 0.875. The van der Waals surface area contributed by atoms with Gasteiger partial charge in [-0.2, -0.15) is 0 Å². The second-order valence-electron chi connectivity index (χ2n) is 5.85. The number of hydrogen-bond acceptors (Lipinski definition) is 4. The molecule has 0 aromatic heterocycles. The molecule has 0 spiro atoms. The number of hydrogen-bond donors (Lipinski definition) is 0. The molecule has 0 aliphatic carbocycles. The van der Waals surface area contributed by atoms with Crippen molar-refractivity contribution >= 4 is 11.9 Å². The van der Waals surface area contributed by atoms with Crippen molar-refractivity contribution in [3.8, 4) is 0 Å². The van der Waals surface area contributed by atoms with Crippen LogP contribution in [0.1, 0.15) is 85.0 Å². The molecule has 5 heteroatoms. The van der Waals surface area contributed by atoms with Gasteiger partial charge in [-0.25, -0.2) is 0 Å². The molecule has 0 bridgehead atoms. The molecule has 0 radical (unpaired) electrons. The minimum Gasteiger partial charge on any atom is -0.546 e. The first-order valence-corrected chi connectivity index (χ1v) is 7.83. The van der Waals surface area contributed by atoms with E-state index >= 15 is 0 Å². The van der Waals surface area contributed by atoms with E-state index in [0.717, 1.165) is 19.3 Å². The largest absolute Gasteiger partial charge is 1.00 e. The summed E-state index contributed by atoms with van der Waals surface area (Å²) in [5.74, 6) is -1.82. The average Bonchev–Trinajstić information content (AvgIpc) is 2.36. The Morgan fingerprint density at radius 2 is 1.33 bits per heavy atom. The minimum atomic E-state index is -1.53. The Kier molecular flexibility index (Phi) is 15.0. The zero-order valence-electron chi connectivity index (χ0n) is 14.2. The van der Waals surface area contributed by atoms with E-state index in [0.29, 0.717) is 0 Å². The van der Waals surface area contributed by atoms with E-state index in [1.54, 1.807) is 0 Å². The molecule has 0 atom stereocenters. The van der Waals surface area contributed by atoms with E-state index in [2.05, 4.69) is 6.92 Å². The summed E-state index contributed by atoms with van der Waals surface area (Å²) in [4.78, 5) is 22.1. The summed E-state index contributed by atoms with van der Waals surface area (Å²) in [7, 11) is 0. The van der Waals surface area contributed by atoms with Gasteiger partial charge < -0.3 is 14.6 Å². The van der Waals surface area contributed by atoms with E-state index < -0.39 is 17.5 Å². The molecule has 0 amide bonds. The second-order valence-corrected chi connectivity index (χ2v) is 5.85. The molecule has 118 valence electrons. The molecule has 0 aromatic carbocycles. The topological polar surface area (TPSA) is 66.4 Å². The Morgan fingerprint density at radius 3 is 1.76 bits per heavy atom. The number of carbonyl (C=O) groups excluding carboxylic acids is 2. The third-order valence-corrected chi connectivity index (χ3v) is 3.35. The van der Waals surface area contributed by atoms with Crippen molar-refractivity contribution in [3.63, 3.8) is 0 Å². The molecule has 0 saturated heterocycles. The van der Waals surface area contributed by atoms with E-state index in [-0.39, 0.29) is 36.0 Å². The summed E-state index contributed by atoms with van der Waals surface area (Å²) in [6.07, 6.45) is 10.9. The number of esters is 1. The number of unbranched alkanes of at least 4 members (excludes halogenated alkanes) is 8. The SMILES string of the molecule is CCCCCCCCCCCC(=O)OC(C)(C)C(=O)[O-].[Na+]. The predicted octanol–water partition coefficient (Wildman–Crippen LogP) is -0.0170. The number of carboxylic acid groups (broad SMARTS) is 1. The fourth-order valence-corrected chi connectivity index (χ4v) is 1.96. The molecule has 0 saturated carbocycles. The van der Waals surface area contributed by atoms with Crippen LogP contribution in [0.2, 0.25) is 0 Å². The number of carbonyl (C=O) groups is 2. The van der Waals surface area contributed by atoms with Gasteiger partial charge in [-0.3, -0.25) is 4.79 Å². The maximum atomic E-state index is 11.5. The van der Waals surface area contributed by atoms with Crippen molar-refractivity contribution in [2.75, 3.05) is 0 Å². The van der Waals surface area contributed by atoms with E-state index in [1.165, 1.54) is 52.4 Å². The normalized spacial score (nSPS) is 10.8. The van der Waals surface area contributed by atoms with Gasteiger partial charge in [0, 0.05) is 6.42 Å². The van der Waals surface area contributed by atoms with Crippen LogP contribution in [-0.2, 0) is 14.3 Å². The Hall–Kier alpha value is -0.0600. The van der Waals surface area contributed by atoms with Crippen LogP contribution in [0.4, 0.5) is 0 Å². The number of aliphatic carboxylic acids is 1. The molecule has 0 unspecified atom stereocenters. The smallest absolute Gasteiger partial charge is 0.546 e. The van der Waals surface area contributed by atoms with Crippen LogP contribution in [0, 0.1) is 0 Å². The zero-order chi connectivity index (χ0) is 15.4. The van der Waals surface area contributed by atoms with Crippen LogP contribution in [0.5, 0.6) is 0 Å². The van der Waals surface area contributed by atoms with Crippen LogP contribution in [0.25, 0.3) is 0 Å². The number of rotatable bonds is 12. The van der Waals surface area contributed by atoms with Crippen LogP contribution in [0.3, 0.4) is 0 Å². The van der Waals surface area contributed by atoms with Gasteiger partial charge in [0.25, 0.3) is 0 Å². The Balaban J connectivity index is 0. The third kappa shape index (κ3) is 13.3. The predicted molar refractivity (Wildman–Crippen MR) is 77.0 cm³/mol. The van der Waals surface area contributed by atoms with Gasteiger partial charge in [0.2, 0.25) is 0 Å². The van der Waals surface area contributed by atoms with Crippen molar-refractivity contribution < 1.29 is 49.0 Å². The molecular weight excluding hydrogens is 279 g/mol. The monoisotopic (exact) mass is 308 g/mol. The first-order valence-electron chi connectivity index (χ1n) is 7.83. The van der Waals surface area contributed by atoms with Crippen LogP contribution in [-0.4, -0.2) is 17.5 Å². The van der Waals surface area contributed by atoms with E-state index in [9.17, 15) is 14.7 Å². The average molecular weight is 308 g/mol. The summed E-state index contributed by atoms with van der Waals surface area (Å²) in [6.45, 7) is 4.87. The molecule has 0 aliphatic rings. The summed E-state index contributed by atoms with van der Waals surface area (Å²) in [6, 6.07) is 0. The maximum absolute atomic E-state index is 11.5. The Morgan fingerprint density at radius 1 is 0.905 bits per heavy atom. The van der Waals surface area contributed by atoms with E-state index in [4.69, 9.17) is 4.74 Å². The van der Waals surface area contributed by atoms with Crippen molar-refractivity contribution in [2.24, 2.45) is 0 Å².